The monoisotopic (exact) mass is 287 g/mol. The van der Waals surface area contributed by atoms with Gasteiger partial charge in [-0.15, -0.1) is 0 Å². The number of aromatic nitrogens is 2. The Labute approximate surface area is 112 Å². The summed E-state index contributed by atoms with van der Waals surface area (Å²) in [6, 6.07) is 2.52. The highest BCUT2D eigenvalue weighted by molar-refractivity contribution is 5.58. The van der Waals surface area contributed by atoms with Crippen LogP contribution in [-0.4, -0.2) is 15.2 Å². The zero-order chi connectivity index (χ0) is 14.9. The number of nitrogens with zero attached hydrogens (tertiary/aromatic N) is 2. The molecule has 0 fully saturated rings. The number of hydrogen-bond acceptors (Lipinski definition) is 5. The maximum absolute atomic E-state index is 12.7. The third-order valence-corrected chi connectivity index (χ3v) is 2.76. The molecule has 1 aromatic carbocycles. The molecule has 3 N–H and O–H groups in total. The van der Waals surface area contributed by atoms with Gasteiger partial charge in [0.1, 0.15) is 5.75 Å². The fourth-order valence-electron chi connectivity index (χ4n) is 1.58. The fraction of sp³-hybridized carbons (Fsp3) is 0.333. The first-order valence-corrected chi connectivity index (χ1v) is 5.82. The largest absolute Gasteiger partial charge is 0.507 e. The quantitative estimate of drug-likeness (QED) is 0.906. The second-order valence-corrected chi connectivity index (χ2v) is 4.20. The summed E-state index contributed by atoms with van der Waals surface area (Å²) in [6.07, 6.45) is -4.10. The Balaban J connectivity index is 2.41. The van der Waals surface area contributed by atoms with E-state index < -0.39 is 23.5 Å². The van der Waals surface area contributed by atoms with E-state index in [1.54, 1.807) is 0 Å². The maximum atomic E-state index is 12.7. The van der Waals surface area contributed by atoms with Gasteiger partial charge in [0, 0.05) is 5.56 Å². The molecular weight excluding hydrogens is 275 g/mol. The van der Waals surface area contributed by atoms with Crippen molar-refractivity contribution in [2.24, 2.45) is 5.73 Å². The Bertz CT molecular complexity index is 610. The molecule has 108 valence electrons. The van der Waals surface area contributed by atoms with Gasteiger partial charge >= 0.3 is 6.18 Å². The zero-order valence-electron chi connectivity index (χ0n) is 10.5. The number of nitrogens with two attached hydrogens (primary N) is 1. The third-order valence-electron chi connectivity index (χ3n) is 2.76. The molecule has 8 heteroatoms. The first kappa shape index (κ1) is 14.3. The van der Waals surface area contributed by atoms with Gasteiger partial charge in [-0.25, -0.2) is 0 Å². The highest BCUT2D eigenvalue weighted by Crippen LogP contribution is 2.37. The number of hydrogen-bond donors (Lipinski definition) is 2. The lowest BCUT2D eigenvalue weighted by molar-refractivity contribution is -0.138. The van der Waals surface area contributed by atoms with Crippen LogP contribution < -0.4 is 5.73 Å². The van der Waals surface area contributed by atoms with Gasteiger partial charge in [-0.3, -0.25) is 0 Å². The van der Waals surface area contributed by atoms with Gasteiger partial charge in [0.05, 0.1) is 11.6 Å². The number of phenols is 1. The third kappa shape index (κ3) is 2.74. The van der Waals surface area contributed by atoms with Gasteiger partial charge in [0.25, 0.3) is 0 Å². The molecule has 1 heterocycles. The van der Waals surface area contributed by atoms with Crippen molar-refractivity contribution in [3.63, 3.8) is 0 Å². The number of alkyl halides is 3. The maximum Gasteiger partial charge on any atom is 0.419 e. The van der Waals surface area contributed by atoms with E-state index in [-0.39, 0.29) is 17.3 Å². The molecule has 0 aliphatic heterocycles. The number of phenolic OH excluding ortho intramolecular Hbond substituents is 1. The smallest absolute Gasteiger partial charge is 0.419 e. The Hall–Kier alpha value is -2.09. The van der Waals surface area contributed by atoms with Gasteiger partial charge < -0.3 is 15.4 Å². The molecule has 0 unspecified atom stereocenters. The van der Waals surface area contributed by atoms with E-state index >= 15 is 0 Å². The van der Waals surface area contributed by atoms with Crippen LogP contribution in [0.15, 0.2) is 22.7 Å². The van der Waals surface area contributed by atoms with E-state index in [4.69, 9.17) is 10.3 Å². The second-order valence-electron chi connectivity index (χ2n) is 4.20. The molecule has 0 amide bonds. The van der Waals surface area contributed by atoms with Crippen molar-refractivity contribution in [1.29, 1.82) is 0 Å². The minimum atomic E-state index is -4.66. The average Bonchev–Trinajstić information content (AvgIpc) is 2.86. The van der Waals surface area contributed by atoms with Gasteiger partial charge in [-0.05, 0) is 24.6 Å². The van der Waals surface area contributed by atoms with Crippen molar-refractivity contribution in [1.82, 2.24) is 10.1 Å². The minimum absolute atomic E-state index is 0.00519. The van der Waals surface area contributed by atoms with Gasteiger partial charge in [0.2, 0.25) is 11.7 Å². The van der Waals surface area contributed by atoms with E-state index in [2.05, 4.69) is 10.1 Å². The fourth-order valence-corrected chi connectivity index (χ4v) is 1.58. The number of halogens is 3. The predicted octanol–water partition coefficient (Wildman–Crippen LogP) is 2.87. The van der Waals surface area contributed by atoms with Crippen LogP contribution in [0.1, 0.15) is 30.8 Å². The molecule has 0 saturated carbocycles. The molecule has 0 aliphatic rings. The van der Waals surface area contributed by atoms with E-state index in [1.807, 2.05) is 6.92 Å². The predicted molar refractivity (Wildman–Crippen MR) is 63.6 cm³/mol. The summed E-state index contributed by atoms with van der Waals surface area (Å²) in [5.41, 5.74) is 4.63. The summed E-state index contributed by atoms with van der Waals surface area (Å²) in [5, 5.41) is 12.8. The van der Waals surface area contributed by atoms with E-state index in [0.29, 0.717) is 6.42 Å². The summed E-state index contributed by atoms with van der Waals surface area (Å²) in [7, 11) is 0. The van der Waals surface area contributed by atoms with Crippen molar-refractivity contribution >= 4 is 0 Å². The van der Waals surface area contributed by atoms with Crippen molar-refractivity contribution in [2.45, 2.75) is 25.6 Å². The van der Waals surface area contributed by atoms with E-state index in [1.165, 1.54) is 6.07 Å². The summed E-state index contributed by atoms with van der Waals surface area (Å²) < 4.78 is 43.0. The number of benzene rings is 1. The van der Waals surface area contributed by atoms with Gasteiger partial charge in [0.15, 0.2) is 0 Å². The molecule has 0 bridgehead atoms. The van der Waals surface area contributed by atoms with Crippen LogP contribution in [0, 0.1) is 0 Å². The molecule has 0 aliphatic carbocycles. The molecular formula is C12H12F3N3O2. The number of aromatic hydroxyl groups is 1. The summed E-state index contributed by atoms with van der Waals surface area (Å²) in [6.45, 7) is 1.82. The molecule has 1 aromatic heterocycles. The van der Waals surface area contributed by atoms with Crippen LogP contribution in [0.25, 0.3) is 11.4 Å². The highest BCUT2D eigenvalue weighted by atomic mass is 19.4. The van der Waals surface area contributed by atoms with Crippen LogP contribution in [-0.2, 0) is 6.18 Å². The molecule has 0 saturated heterocycles. The first-order valence-electron chi connectivity index (χ1n) is 5.82. The van der Waals surface area contributed by atoms with Crippen LogP contribution >= 0.6 is 0 Å². The molecule has 0 spiro atoms. The standard InChI is InChI=1S/C12H12F3N3O2/c1-2-8(16)11-17-10(18-20-11)6-3-4-9(19)7(5-6)12(13,14)15/h3-5,8,19H,2,16H2,1H3/t8-/m0/s1. The second kappa shape index (κ2) is 5.12. The average molecular weight is 287 g/mol. The van der Waals surface area contributed by atoms with E-state index in [9.17, 15) is 18.3 Å². The zero-order valence-corrected chi connectivity index (χ0v) is 10.5. The van der Waals surface area contributed by atoms with Crippen LogP contribution in [0.3, 0.4) is 0 Å². The first-order chi connectivity index (χ1) is 9.32. The molecule has 2 aromatic rings. The lowest BCUT2D eigenvalue weighted by Gasteiger charge is -2.09. The highest BCUT2D eigenvalue weighted by Gasteiger charge is 2.34. The van der Waals surface area contributed by atoms with E-state index in [0.717, 1.165) is 12.1 Å². The molecule has 5 nitrogen and oxygen atoms in total. The molecule has 2 rings (SSSR count). The Morgan fingerprint density at radius 2 is 2.10 bits per heavy atom. The lowest BCUT2D eigenvalue weighted by atomic mass is 10.1. The summed E-state index contributed by atoms with van der Waals surface area (Å²) >= 11 is 0. The van der Waals surface area contributed by atoms with Crippen LogP contribution in [0.2, 0.25) is 0 Å². The van der Waals surface area contributed by atoms with Crippen LogP contribution in [0.4, 0.5) is 13.2 Å². The van der Waals surface area contributed by atoms with Crippen molar-refractivity contribution < 1.29 is 22.8 Å². The number of rotatable bonds is 3. The van der Waals surface area contributed by atoms with Gasteiger partial charge in [-0.2, -0.15) is 18.2 Å². The lowest BCUT2D eigenvalue weighted by Crippen LogP contribution is -2.08. The van der Waals surface area contributed by atoms with Crippen molar-refractivity contribution in [3.8, 4) is 17.1 Å². The Morgan fingerprint density at radius 1 is 1.40 bits per heavy atom. The summed E-state index contributed by atoms with van der Waals surface area (Å²) in [5.74, 6) is -0.700. The normalized spacial score (nSPS) is 13.4. The topological polar surface area (TPSA) is 85.2 Å². The molecule has 1 atom stereocenters. The molecule has 20 heavy (non-hydrogen) atoms. The van der Waals surface area contributed by atoms with Crippen molar-refractivity contribution in [2.75, 3.05) is 0 Å². The Morgan fingerprint density at radius 3 is 2.70 bits per heavy atom. The SMILES string of the molecule is CC[C@H](N)c1nc(-c2ccc(O)c(C(F)(F)F)c2)no1. The summed E-state index contributed by atoms with van der Waals surface area (Å²) in [4.78, 5) is 3.95. The van der Waals surface area contributed by atoms with Crippen LogP contribution in [0.5, 0.6) is 5.75 Å². The van der Waals surface area contributed by atoms with Crippen molar-refractivity contribution in [3.05, 3.63) is 29.7 Å². The minimum Gasteiger partial charge on any atom is -0.507 e. The van der Waals surface area contributed by atoms with Gasteiger partial charge in [-0.1, -0.05) is 12.1 Å². The Kier molecular flexibility index (Phi) is 3.67. The molecule has 0 radical (unpaired) electrons.